The van der Waals surface area contributed by atoms with Crippen molar-refractivity contribution in [2.24, 2.45) is 0 Å². The fourth-order valence-corrected chi connectivity index (χ4v) is 5.54. The number of amides is 4. The molecular formula is C24H27ClN4O3S. The van der Waals surface area contributed by atoms with Crippen LogP contribution in [0.1, 0.15) is 64.5 Å². The maximum Gasteiger partial charge on any atom is 0.319 e. The van der Waals surface area contributed by atoms with E-state index in [9.17, 15) is 14.4 Å². The lowest BCUT2D eigenvalue weighted by Crippen LogP contribution is -2.49. The number of piperidine rings is 1. The van der Waals surface area contributed by atoms with Crippen LogP contribution in [0.15, 0.2) is 29.8 Å². The number of urea groups is 1. The van der Waals surface area contributed by atoms with E-state index in [4.69, 9.17) is 11.6 Å². The number of benzene rings is 1. The average molecular weight is 487 g/mol. The topological polar surface area (TPSA) is 90.5 Å². The number of nitrogens with zero attached hydrogens (tertiary/aromatic N) is 1. The van der Waals surface area contributed by atoms with Crippen molar-refractivity contribution in [3.8, 4) is 0 Å². The summed E-state index contributed by atoms with van der Waals surface area (Å²) in [5, 5.41) is 10.9. The molecule has 3 N–H and O–H groups in total. The molecule has 1 aromatic carbocycles. The number of halogens is 1. The molecule has 33 heavy (non-hydrogen) atoms. The summed E-state index contributed by atoms with van der Waals surface area (Å²) in [6.07, 6.45) is 1.22. The molecule has 7 nitrogen and oxygen atoms in total. The predicted octanol–water partition coefficient (Wildman–Crippen LogP) is 4.90. The van der Waals surface area contributed by atoms with E-state index in [2.05, 4.69) is 36.4 Å². The highest BCUT2D eigenvalue weighted by Crippen LogP contribution is 2.34. The summed E-state index contributed by atoms with van der Waals surface area (Å²) < 4.78 is 0. The van der Waals surface area contributed by atoms with E-state index in [1.165, 1.54) is 11.3 Å². The van der Waals surface area contributed by atoms with Gasteiger partial charge in [-0.3, -0.25) is 9.59 Å². The van der Waals surface area contributed by atoms with Crippen molar-refractivity contribution in [2.45, 2.75) is 58.7 Å². The second kappa shape index (κ2) is 9.19. The van der Waals surface area contributed by atoms with E-state index in [0.717, 1.165) is 21.6 Å². The highest BCUT2D eigenvalue weighted by Gasteiger charge is 2.39. The van der Waals surface area contributed by atoms with E-state index in [1.807, 2.05) is 13.0 Å². The molecule has 2 aromatic rings. The standard InChI is InChI=1S/C24H27ClN4O3S/c1-12(2)16-7-15(8-19(25)14(16)4)28-24(32)26-9-21-17-10-29(23(31)18(17)11-33-21)20-6-5-13(3)27-22(20)30/h7-8,11-12,20H,3,5-6,9-10H2,1-2,4H3,(H,27,30)(H2,26,28,32). The molecule has 1 aromatic heterocycles. The quantitative estimate of drug-likeness (QED) is 0.561. The molecule has 1 fully saturated rings. The number of anilines is 1. The fraction of sp³-hybridized carbons (Fsp3) is 0.375. The van der Waals surface area contributed by atoms with Gasteiger partial charge in [-0.05, 0) is 54.5 Å². The lowest BCUT2D eigenvalue weighted by atomic mass is 9.97. The Labute approximate surface area is 202 Å². The summed E-state index contributed by atoms with van der Waals surface area (Å²) in [5.74, 6) is -0.0454. The van der Waals surface area contributed by atoms with Crippen LogP contribution < -0.4 is 16.0 Å². The van der Waals surface area contributed by atoms with Gasteiger partial charge in [0.15, 0.2) is 0 Å². The normalized spacial score (nSPS) is 17.9. The summed E-state index contributed by atoms with van der Waals surface area (Å²) in [6.45, 7) is 10.6. The molecule has 2 aliphatic heterocycles. The summed E-state index contributed by atoms with van der Waals surface area (Å²) in [7, 11) is 0. The van der Waals surface area contributed by atoms with E-state index in [0.29, 0.717) is 41.4 Å². The number of fused-ring (bicyclic) bond motifs is 1. The van der Waals surface area contributed by atoms with Crippen molar-refractivity contribution < 1.29 is 14.4 Å². The lowest BCUT2D eigenvalue weighted by Gasteiger charge is -2.31. The van der Waals surface area contributed by atoms with E-state index >= 15 is 0 Å². The molecule has 0 spiro atoms. The van der Waals surface area contributed by atoms with E-state index < -0.39 is 6.04 Å². The zero-order valence-electron chi connectivity index (χ0n) is 18.9. The zero-order valence-corrected chi connectivity index (χ0v) is 20.5. The smallest absolute Gasteiger partial charge is 0.319 e. The molecule has 4 rings (SSSR count). The van der Waals surface area contributed by atoms with Crippen LogP contribution in [-0.2, 0) is 17.9 Å². The molecule has 0 bridgehead atoms. The number of allylic oxidation sites excluding steroid dienone is 1. The molecular weight excluding hydrogens is 460 g/mol. The Kier molecular flexibility index (Phi) is 6.50. The molecule has 0 radical (unpaired) electrons. The Balaban J connectivity index is 1.40. The Bertz CT molecular complexity index is 1160. The van der Waals surface area contributed by atoms with E-state index in [-0.39, 0.29) is 30.3 Å². The number of hydrogen-bond donors (Lipinski definition) is 3. The zero-order chi connectivity index (χ0) is 23.9. The van der Waals surface area contributed by atoms with Crippen LogP contribution >= 0.6 is 22.9 Å². The van der Waals surface area contributed by atoms with Crippen molar-refractivity contribution in [3.63, 3.8) is 0 Å². The van der Waals surface area contributed by atoms with Crippen molar-refractivity contribution >= 4 is 46.5 Å². The van der Waals surface area contributed by atoms with Crippen molar-refractivity contribution in [1.29, 1.82) is 0 Å². The average Bonchev–Trinajstić information content (AvgIpc) is 3.29. The van der Waals surface area contributed by atoms with Gasteiger partial charge in [-0.25, -0.2) is 4.79 Å². The number of thiophene rings is 1. The molecule has 1 saturated heterocycles. The first kappa shape index (κ1) is 23.3. The molecule has 4 amide bonds. The van der Waals surface area contributed by atoms with Crippen molar-refractivity contribution in [1.82, 2.24) is 15.5 Å². The number of carbonyl (C=O) groups excluding carboxylic acids is 3. The van der Waals surface area contributed by atoms with Crippen molar-refractivity contribution in [3.05, 3.63) is 61.9 Å². The SMILES string of the molecule is C=C1CCC(N2Cc3c(csc3CNC(=O)Nc3cc(Cl)c(C)c(C(C)C)c3)C2=O)C(=O)N1. The highest BCUT2D eigenvalue weighted by molar-refractivity contribution is 7.10. The first-order chi connectivity index (χ1) is 15.7. The molecule has 174 valence electrons. The third-order valence-corrected chi connectivity index (χ3v) is 7.59. The van der Waals surface area contributed by atoms with E-state index in [1.54, 1.807) is 16.3 Å². The summed E-state index contributed by atoms with van der Waals surface area (Å²) >= 11 is 7.78. The van der Waals surface area contributed by atoms with Gasteiger partial charge in [-0.1, -0.05) is 32.0 Å². The van der Waals surface area contributed by atoms with Gasteiger partial charge in [-0.2, -0.15) is 0 Å². The monoisotopic (exact) mass is 486 g/mol. The van der Waals surface area contributed by atoms with Gasteiger partial charge >= 0.3 is 6.03 Å². The summed E-state index contributed by atoms with van der Waals surface area (Å²) in [6, 6.07) is 2.84. The van der Waals surface area contributed by atoms with Crippen LogP contribution in [0.4, 0.5) is 10.5 Å². The van der Waals surface area contributed by atoms with Gasteiger partial charge in [0.05, 0.1) is 12.1 Å². The highest BCUT2D eigenvalue weighted by atomic mass is 35.5. The van der Waals surface area contributed by atoms with Crippen LogP contribution in [0.25, 0.3) is 0 Å². The van der Waals surface area contributed by atoms with Gasteiger partial charge < -0.3 is 20.9 Å². The molecule has 1 unspecified atom stereocenters. The Morgan fingerprint density at radius 3 is 2.82 bits per heavy atom. The summed E-state index contributed by atoms with van der Waals surface area (Å²) in [5.41, 5.74) is 4.90. The van der Waals surface area contributed by atoms with Crippen LogP contribution in [0, 0.1) is 6.92 Å². The van der Waals surface area contributed by atoms with Gasteiger partial charge in [0.25, 0.3) is 5.91 Å². The van der Waals surface area contributed by atoms with Crippen molar-refractivity contribution in [2.75, 3.05) is 5.32 Å². The third-order valence-electron chi connectivity index (χ3n) is 6.17. The molecule has 1 atom stereocenters. The minimum absolute atomic E-state index is 0.139. The molecule has 2 aliphatic rings. The number of carbonyl (C=O) groups is 3. The van der Waals surface area contributed by atoms with Gasteiger partial charge in [-0.15, -0.1) is 11.3 Å². The first-order valence-corrected chi connectivity index (χ1v) is 12.1. The minimum Gasteiger partial charge on any atom is -0.333 e. The minimum atomic E-state index is -0.494. The van der Waals surface area contributed by atoms with Crippen LogP contribution in [0.5, 0.6) is 0 Å². The Morgan fingerprint density at radius 2 is 2.12 bits per heavy atom. The van der Waals surface area contributed by atoms with Crippen LogP contribution in [-0.4, -0.2) is 28.8 Å². The Hall–Kier alpha value is -2.84. The second-order valence-electron chi connectivity index (χ2n) is 8.77. The van der Waals surface area contributed by atoms with Crippen LogP contribution in [0.2, 0.25) is 5.02 Å². The second-order valence-corrected chi connectivity index (χ2v) is 10.1. The maximum absolute atomic E-state index is 12.9. The van der Waals surface area contributed by atoms with Gasteiger partial charge in [0, 0.05) is 33.2 Å². The molecule has 9 heteroatoms. The number of nitrogens with one attached hydrogen (secondary N) is 3. The van der Waals surface area contributed by atoms with Gasteiger partial charge in [0.1, 0.15) is 6.04 Å². The molecule has 3 heterocycles. The number of rotatable bonds is 5. The Morgan fingerprint density at radius 1 is 1.36 bits per heavy atom. The fourth-order valence-electron chi connectivity index (χ4n) is 4.34. The summed E-state index contributed by atoms with van der Waals surface area (Å²) in [4.78, 5) is 40.3. The lowest BCUT2D eigenvalue weighted by molar-refractivity contribution is -0.126. The molecule has 0 aliphatic carbocycles. The third kappa shape index (κ3) is 4.63. The number of hydrogen-bond acceptors (Lipinski definition) is 4. The van der Waals surface area contributed by atoms with Crippen LogP contribution in [0.3, 0.4) is 0 Å². The predicted molar refractivity (Wildman–Crippen MR) is 131 cm³/mol. The van der Waals surface area contributed by atoms with Gasteiger partial charge in [0.2, 0.25) is 5.91 Å². The molecule has 0 saturated carbocycles. The maximum atomic E-state index is 12.9. The first-order valence-electron chi connectivity index (χ1n) is 10.9. The largest absolute Gasteiger partial charge is 0.333 e.